The molecule has 4 rings (SSSR count). The second-order valence-corrected chi connectivity index (χ2v) is 13.0. The van der Waals surface area contributed by atoms with Crippen molar-refractivity contribution >= 4 is 21.8 Å². The highest BCUT2D eigenvalue weighted by Crippen LogP contribution is 2.41. The number of sulfonamides is 1. The Hall–Kier alpha value is -4.94. The van der Waals surface area contributed by atoms with E-state index in [1.165, 1.54) is 31.6 Å². The lowest BCUT2D eigenvalue weighted by Crippen LogP contribution is -2.18. The molecule has 2 aromatic heterocycles. The SMILES string of the molecule is COc1ccccc1Oc1c(NS(=O)(=O)c2ccc(C(C)(C)C)cc2)nc(-c2ncccn2)nc1OCCOC(=O)CCCCON(O)O. The Morgan fingerprint density at radius 1 is 0.878 bits per heavy atom. The molecule has 0 fully saturated rings. The maximum absolute atomic E-state index is 13.7. The van der Waals surface area contributed by atoms with Crippen molar-refractivity contribution in [1.29, 1.82) is 0 Å². The zero-order valence-electron chi connectivity index (χ0n) is 27.4. The number of benzene rings is 2. The van der Waals surface area contributed by atoms with E-state index in [1.807, 2.05) is 20.8 Å². The first kappa shape index (κ1) is 36.9. The minimum atomic E-state index is -4.23. The van der Waals surface area contributed by atoms with Crippen LogP contribution in [0.5, 0.6) is 23.1 Å². The molecule has 49 heavy (non-hydrogen) atoms. The van der Waals surface area contributed by atoms with E-state index < -0.39 is 21.4 Å². The predicted molar refractivity (Wildman–Crippen MR) is 174 cm³/mol. The molecule has 0 aliphatic rings. The van der Waals surface area contributed by atoms with Crippen LogP contribution >= 0.6 is 0 Å². The number of anilines is 1. The number of para-hydroxylation sites is 2. The van der Waals surface area contributed by atoms with E-state index in [0.29, 0.717) is 18.6 Å². The van der Waals surface area contributed by atoms with Crippen molar-refractivity contribution in [3.63, 3.8) is 0 Å². The molecule has 0 radical (unpaired) electrons. The second-order valence-electron chi connectivity index (χ2n) is 11.3. The van der Waals surface area contributed by atoms with Crippen molar-refractivity contribution in [2.75, 3.05) is 31.7 Å². The molecular formula is C32H38N6O10S. The van der Waals surface area contributed by atoms with E-state index in [4.69, 9.17) is 29.4 Å². The number of carbonyl (C=O) groups excluding carboxylic acids is 1. The highest BCUT2D eigenvalue weighted by molar-refractivity contribution is 7.92. The molecule has 17 heteroatoms. The van der Waals surface area contributed by atoms with Crippen LogP contribution in [0.1, 0.15) is 45.6 Å². The fourth-order valence-corrected chi connectivity index (χ4v) is 5.23. The summed E-state index contributed by atoms with van der Waals surface area (Å²) in [6.45, 7) is 5.67. The standard InChI is InChI=1S/C32H38N6O10S/c1-32(2,3)22-13-15-23(16-14-22)49(42,43)37-28-27(48-25-11-6-5-10-24(25)44-4)31(36-30(35-28)29-33-17-9-18-34-29)46-21-20-45-26(39)12-7-8-19-47-38(40)41/h5-6,9-11,13-18,40-41H,7-8,12,19-21H2,1-4H3,(H,35,36,37). The maximum atomic E-state index is 13.7. The van der Waals surface area contributed by atoms with Gasteiger partial charge in [-0.2, -0.15) is 4.98 Å². The third kappa shape index (κ3) is 10.8. The van der Waals surface area contributed by atoms with Crippen molar-refractivity contribution in [2.24, 2.45) is 0 Å². The number of hydrogen-bond acceptors (Lipinski definition) is 15. The Morgan fingerprint density at radius 3 is 2.22 bits per heavy atom. The molecule has 0 bridgehead atoms. The first-order valence-corrected chi connectivity index (χ1v) is 16.6. The van der Waals surface area contributed by atoms with Gasteiger partial charge in [-0.25, -0.2) is 23.4 Å². The van der Waals surface area contributed by atoms with Crippen LogP contribution in [0, 0.1) is 0 Å². The van der Waals surface area contributed by atoms with Gasteiger partial charge < -0.3 is 18.9 Å². The summed E-state index contributed by atoms with van der Waals surface area (Å²) in [4.78, 5) is 33.9. The molecule has 2 heterocycles. The Morgan fingerprint density at radius 2 is 1.57 bits per heavy atom. The minimum Gasteiger partial charge on any atom is -0.493 e. The summed E-state index contributed by atoms with van der Waals surface area (Å²) < 4.78 is 52.7. The molecule has 0 aliphatic heterocycles. The largest absolute Gasteiger partial charge is 0.493 e. The minimum absolute atomic E-state index is 0.00609. The molecule has 4 aromatic rings. The molecule has 0 atom stereocenters. The Kier molecular flexibility index (Phi) is 12.8. The molecule has 0 saturated heterocycles. The summed E-state index contributed by atoms with van der Waals surface area (Å²) >= 11 is 0. The molecule has 0 spiro atoms. The van der Waals surface area contributed by atoms with Gasteiger partial charge in [0.1, 0.15) is 13.2 Å². The van der Waals surface area contributed by atoms with E-state index in [-0.39, 0.29) is 71.4 Å². The number of nitrogens with one attached hydrogen (secondary N) is 1. The van der Waals surface area contributed by atoms with Crippen LogP contribution in [0.25, 0.3) is 11.6 Å². The van der Waals surface area contributed by atoms with E-state index in [0.717, 1.165) is 5.56 Å². The number of ether oxygens (including phenoxy) is 4. The molecular weight excluding hydrogens is 660 g/mol. The summed E-state index contributed by atoms with van der Waals surface area (Å²) in [6, 6.07) is 14.8. The predicted octanol–water partition coefficient (Wildman–Crippen LogP) is 4.94. The number of aromatic nitrogens is 4. The van der Waals surface area contributed by atoms with Crippen molar-refractivity contribution < 1.29 is 47.4 Å². The van der Waals surface area contributed by atoms with Gasteiger partial charge in [0, 0.05) is 18.8 Å². The molecule has 0 amide bonds. The van der Waals surface area contributed by atoms with Gasteiger partial charge in [-0.15, -0.1) is 0 Å². The number of unbranched alkanes of at least 4 members (excludes halogenated alkanes) is 1. The van der Waals surface area contributed by atoms with Gasteiger partial charge in [-0.3, -0.25) is 24.8 Å². The topological polar surface area (TPSA) is 205 Å². The van der Waals surface area contributed by atoms with Gasteiger partial charge in [-0.1, -0.05) is 45.0 Å². The average molecular weight is 699 g/mol. The van der Waals surface area contributed by atoms with Crippen molar-refractivity contribution in [3.8, 4) is 34.8 Å². The number of nitrogens with zero attached hydrogens (tertiary/aromatic N) is 5. The third-order valence-corrected chi connectivity index (χ3v) is 8.07. The summed E-state index contributed by atoms with van der Waals surface area (Å²) in [5, 5.41) is 16.7. The Bertz CT molecular complexity index is 1790. The lowest BCUT2D eigenvalue weighted by atomic mass is 9.87. The van der Waals surface area contributed by atoms with Gasteiger partial charge in [-0.05, 0) is 54.2 Å². The van der Waals surface area contributed by atoms with Crippen LogP contribution < -0.4 is 18.9 Å². The summed E-state index contributed by atoms with van der Waals surface area (Å²) in [6.07, 6.45) is 3.74. The van der Waals surface area contributed by atoms with E-state index >= 15 is 0 Å². The van der Waals surface area contributed by atoms with Crippen molar-refractivity contribution in [2.45, 2.75) is 50.3 Å². The molecule has 0 unspecified atom stereocenters. The van der Waals surface area contributed by atoms with Gasteiger partial charge in [0.25, 0.3) is 15.9 Å². The zero-order valence-corrected chi connectivity index (χ0v) is 28.2. The van der Waals surface area contributed by atoms with Crippen molar-refractivity contribution in [1.82, 2.24) is 25.3 Å². The number of methoxy groups -OCH3 is 1. The molecule has 2 aromatic carbocycles. The Labute approximate surface area is 283 Å². The lowest BCUT2D eigenvalue weighted by Gasteiger charge is -2.20. The molecule has 0 aliphatic carbocycles. The number of rotatable bonds is 17. The van der Waals surface area contributed by atoms with Gasteiger partial charge in [0.05, 0.1) is 24.0 Å². The number of esters is 1. The van der Waals surface area contributed by atoms with E-state index in [2.05, 4.69) is 29.5 Å². The second kappa shape index (κ2) is 16.9. The summed E-state index contributed by atoms with van der Waals surface area (Å²) in [7, 11) is -2.78. The van der Waals surface area contributed by atoms with Gasteiger partial charge in [0.15, 0.2) is 23.1 Å². The van der Waals surface area contributed by atoms with Crippen LogP contribution in [0.15, 0.2) is 71.9 Å². The number of carbonyl (C=O) groups is 1. The third-order valence-electron chi connectivity index (χ3n) is 6.71. The van der Waals surface area contributed by atoms with Gasteiger partial charge >= 0.3 is 5.97 Å². The van der Waals surface area contributed by atoms with Crippen LogP contribution in [-0.4, -0.2) is 77.1 Å². The summed E-state index contributed by atoms with van der Waals surface area (Å²) in [5.74, 6) is -0.659. The number of hydrogen-bond donors (Lipinski definition) is 3. The fraction of sp³-hybridized carbons (Fsp3) is 0.344. The van der Waals surface area contributed by atoms with Crippen LogP contribution in [-0.2, 0) is 29.8 Å². The average Bonchev–Trinajstić information content (AvgIpc) is 3.07. The fourth-order valence-electron chi connectivity index (χ4n) is 4.22. The quantitative estimate of drug-likeness (QED) is 0.0759. The van der Waals surface area contributed by atoms with Crippen LogP contribution in [0.3, 0.4) is 0 Å². The Balaban J connectivity index is 1.66. The lowest BCUT2D eigenvalue weighted by molar-refractivity contribution is -0.492. The maximum Gasteiger partial charge on any atom is 0.305 e. The smallest absolute Gasteiger partial charge is 0.305 e. The highest BCUT2D eigenvalue weighted by atomic mass is 32.2. The molecule has 16 nitrogen and oxygen atoms in total. The summed E-state index contributed by atoms with van der Waals surface area (Å²) in [5.41, 5.74) is 0.754. The van der Waals surface area contributed by atoms with E-state index in [1.54, 1.807) is 42.5 Å². The van der Waals surface area contributed by atoms with Crippen molar-refractivity contribution in [3.05, 3.63) is 72.6 Å². The zero-order chi connectivity index (χ0) is 35.4. The van der Waals surface area contributed by atoms with Crippen LogP contribution in [0.4, 0.5) is 5.82 Å². The van der Waals surface area contributed by atoms with Gasteiger partial charge in [0.2, 0.25) is 11.6 Å². The normalized spacial score (nSPS) is 11.7. The molecule has 262 valence electrons. The van der Waals surface area contributed by atoms with Crippen LogP contribution in [0.2, 0.25) is 0 Å². The first-order chi connectivity index (χ1) is 23.4. The highest BCUT2D eigenvalue weighted by Gasteiger charge is 2.26. The molecule has 0 saturated carbocycles. The van der Waals surface area contributed by atoms with E-state index in [9.17, 15) is 13.2 Å². The molecule has 3 N–H and O–H groups in total. The monoisotopic (exact) mass is 698 g/mol. The first-order valence-electron chi connectivity index (χ1n) is 15.1.